The molecule has 2 heterocycles. The van der Waals surface area contributed by atoms with Crippen LogP contribution < -0.4 is 16.2 Å². The highest BCUT2D eigenvalue weighted by molar-refractivity contribution is 5.87. The molecule has 2 amide bonds. The first kappa shape index (κ1) is 19.2. The molecule has 146 valence electrons. The number of amides is 2. The van der Waals surface area contributed by atoms with Crippen LogP contribution in [0.15, 0.2) is 24.3 Å². The summed E-state index contributed by atoms with van der Waals surface area (Å²) in [5.41, 5.74) is 7.29. The quantitative estimate of drug-likeness (QED) is 0.678. The standard InChI is InChI=1S/C17H25FN8O/c1-3-4-9-26-16(22-23-24-26)20-17(27)25(2)11-13-10-19-21-15(13)12-5-7-14(18)8-6-12/h5-8,13,15,19,21H,3-4,9-11H2,1-2H3,(H,20,22,24,27). The van der Waals surface area contributed by atoms with Crippen molar-refractivity contribution in [3.63, 3.8) is 0 Å². The van der Waals surface area contributed by atoms with Crippen LogP contribution in [0.1, 0.15) is 31.4 Å². The van der Waals surface area contributed by atoms with Gasteiger partial charge < -0.3 is 4.90 Å². The van der Waals surface area contributed by atoms with Crippen molar-refractivity contribution < 1.29 is 9.18 Å². The number of urea groups is 1. The molecule has 2 aromatic rings. The summed E-state index contributed by atoms with van der Waals surface area (Å²) in [5.74, 6) is 0.221. The number of nitrogens with one attached hydrogen (secondary N) is 3. The van der Waals surface area contributed by atoms with Crippen LogP contribution in [-0.2, 0) is 6.54 Å². The van der Waals surface area contributed by atoms with E-state index < -0.39 is 0 Å². The van der Waals surface area contributed by atoms with Crippen molar-refractivity contribution in [1.29, 1.82) is 0 Å². The average Bonchev–Trinajstić information content (AvgIpc) is 3.30. The number of tetrazole rings is 1. The van der Waals surface area contributed by atoms with E-state index in [9.17, 15) is 9.18 Å². The Kier molecular flexibility index (Phi) is 6.30. The van der Waals surface area contributed by atoms with E-state index in [-0.39, 0.29) is 23.8 Å². The lowest BCUT2D eigenvalue weighted by atomic mass is 9.94. The van der Waals surface area contributed by atoms with Gasteiger partial charge >= 0.3 is 6.03 Å². The number of hydrazine groups is 1. The third-order valence-corrected chi connectivity index (χ3v) is 4.65. The first-order chi connectivity index (χ1) is 13.1. The molecule has 10 heteroatoms. The number of hydrogen-bond acceptors (Lipinski definition) is 6. The van der Waals surface area contributed by atoms with E-state index in [1.54, 1.807) is 28.8 Å². The van der Waals surface area contributed by atoms with Crippen LogP contribution in [0.3, 0.4) is 0 Å². The second-order valence-corrected chi connectivity index (χ2v) is 6.70. The number of aryl methyl sites for hydroxylation is 1. The minimum atomic E-state index is -0.271. The average molecular weight is 376 g/mol. The molecule has 3 N–H and O–H groups in total. The molecule has 9 nitrogen and oxygen atoms in total. The lowest BCUT2D eigenvalue weighted by Crippen LogP contribution is -2.38. The number of nitrogens with zero attached hydrogens (tertiary/aromatic N) is 5. The fourth-order valence-electron chi connectivity index (χ4n) is 3.11. The van der Waals surface area contributed by atoms with Crippen molar-refractivity contribution in [1.82, 2.24) is 36.0 Å². The zero-order chi connectivity index (χ0) is 19.2. The van der Waals surface area contributed by atoms with Gasteiger partial charge in [0.1, 0.15) is 5.82 Å². The van der Waals surface area contributed by atoms with E-state index in [1.807, 2.05) is 0 Å². The molecule has 2 atom stereocenters. The number of carbonyl (C=O) groups excluding carboxylic acids is 1. The SMILES string of the molecule is CCCCn1nnnc1NC(=O)N(C)CC1CNNC1c1ccc(F)cc1. The van der Waals surface area contributed by atoms with Gasteiger partial charge in [0, 0.05) is 32.6 Å². The Morgan fingerprint density at radius 3 is 2.93 bits per heavy atom. The zero-order valence-electron chi connectivity index (χ0n) is 15.5. The fourth-order valence-corrected chi connectivity index (χ4v) is 3.11. The number of hydrogen-bond donors (Lipinski definition) is 3. The highest BCUT2D eigenvalue weighted by Crippen LogP contribution is 2.25. The molecule has 1 aliphatic heterocycles. The molecule has 1 saturated heterocycles. The molecule has 0 radical (unpaired) electrons. The molecule has 3 rings (SSSR count). The van der Waals surface area contributed by atoms with Gasteiger partial charge in [-0.2, -0.15) is 0 Å². The van der Waals surface area contributed by atoms with Gasteiger partial charge in [-0.15, -0.1) is 0 Å². The Balaban J connectivity index is 1.59. The molecular weight excluding hydrogens is 351 g/mol. The van der Waals surface area contributed by atoms with Crippen LogP contribution in [0.4, 0.5) is 15.1 Å². The summed E-state index contributed by atoms with van der Waals surface area (Å²) in [7, 11) is 1.73. The number of anilines is 1. The summed E-state index contributed by atoms with van der Waals surface area (Å²) < 4.78 is 14.8. The van der Waals surface area contributed by atoms with Crippen molar-refractivity contribution >= 4 is 12.0 Å². The topological polar surface area (TPSA) is 100 Å². The second kappa shape index (κ2) is 8.87. The van der Waals surface area contributed by atoms with Gasteiger partial charge in [-0.3, -0.25) is 10.7 Å². The first-order valence-corrected chi connectivity index (χ1v) is 9.10. The number of carbonyl (C=O) groups is 1. The Morgan fingerprint density at radius 2 is 2.19 bits per heavy atom. The molecular formula is C17H25FN8O. The van der Waals surface area contributed by atoms with E-state index >= 15 is 0 Å². The van der Waals surface area contributed by atoms with Gasteiger partial charge in [0.25, 0.3) is 5.95 Å². The summed E-state index contributed by atoms with van der Waals surface area (Å²) in [6.45, 7) is 3.96. The Bertz CT molecular complexity index is 750. The Labute approximate surface area is 157 Å². The molecule has 1 aliphatic rings. The second-order valence-electron chi connectivity index (χ2n) is 6.70. The number of halogens is 1. The van der Waals surface area contributed by atoms with E-state index in [2.05, 4.69) is 38.6 Å². The van der Waals surface area contributed by atoms with Crippen molar-refractivity contribution in [3.8, 4) is 0 Å². The number of rotatable bonds is 7. The van der Waals surface area contributed by atoms with E-state index in [4.69, 9.17) is 0 Å². The summed E-state index contributed by atoms with van der Waals surface area (Å²) >= 11 is 0. The highest BCUT2D eigenvalue weighted by Gasteiger charge is 2.30. The summed E-state index contributed by atoms with van der Waals surface area (Å²) in [4.78, 5) is 14.1. The predicted molar refractivity (Wildman–Crippen MR) is 98.1 cm³/mol. The van der Waals surface area contributed by atoms with E-state index in [0.717, 1.165) is 18.4 Å². The van der Waals surface area contributed by atoms with Crippen molar-refractivity contribution in [2.45, 2.75) is 32.4 Å². The van der Waals surface area contributed by atoms with Crippen molar-refractivity contribution in [3.05, 3.63) is 35.6 Å². The first-order valence-electron chi connectivity index (χ1n) is 9.10. The van der Waals surface area contributed by atoms with E-state index in [0.29, 0.717) is 25.6 Å². The largest absolute Gasteiger partial charge is 0.327 e. The molecule has 1 fully saturated rings. The predicted octanol–water partition coefficient (Wildman–Crippen LogP) is 1.54. The third kappa shape index (κ3) is 4.77. The molecule has 2 unspecified atom stereocenters. The summed E-state index contributed by atoms with van der Waals surface area (Å²) in [6.07, 6.45) is 1.95. The Hall–Kier alpha value is -2.59. The summed E-state index contributed by atoms with van der Waals surface area (Å²) in [5, 5.41) is 14.2. The molecule has 1 aromatic carbocycles. The lowest BCUT2D eigenvalue weighted by molar-refractivity contribution is 0.212. The molecule has 0 spiro atoms. The van der Waals surface area contributed by atoms with Crippen LogP contribution in [0.25, 0.3) is 0 Å². The van der Waals surface area contributed by atoms with Crippen LogP contribution >= 0.6 is 0 Å². The van der Waals surface area contributed by atoms with Gasteiger partial charge in [0.15, 0.2) is 0 Å². The van der Waals surface area contributed by atoms with Crippen LogP contribution in [-0.4, -0.2) is 51.3 Å². The van der Waals surface area contributed by atoms with Gasteiger partial charge in [-0.25, -0.2) is 19.3 Å². The van der Waals surface area contributed by atoms with Gasteiger partial charge in [-0.1, -0.05) is 30.6 Å². The van der Waals surface area contributed by atoms with Crippen LogP contribution in [0.5, 0.6) is 0 Å². The van der Waals surface area contributed by atoms with E-state index in [1.165, 1.54) is 12.1 Å². The van der Waals surface area contributed by atoms with Crippen molar-refractivity contribution in [2.24, 2.45) is 5.92 Å². The van der Waals surface area contributed by atoms with Gasteiger partial charge in [0.2, 0.25) is 0 Å². The molecule has 0 saturated carbocycles. The Morgan fingerprint density at radius 1 is 1.41 bits per heavy atom. The molecule has 0 bridgehead atoms. The maximum absolute atomic E-state index is 13.2. The summed E-state index contributed by atoms with van der Waals surface area (Å²) in [6, 6.07) is 6.13. The van der Waals surface area contributed by atoms with Gasteiger partial charge in [0.05, 0.1) is 6.04 Å². The van der Waals surface area contributed by atoms with Crippen LogP contribution in [0.2, 0.25) is 0 Å². The highest BCUT2D eigenvalue weighted by atomic mass is 19.1. The molecule has 27 heavy (non-hydrogen) atoms. The molecule has 1 aromatic heterocycles. The number of aromatic nitrogens is 4. The minimum Gasteiger partial charge on any atom is -0.327 e. The minimum absolute atomic E-state index is 0.00396. The van der Waals surface area contributed by atoms with Crippen LogP contribution in [0, 0.1) is 11.7 Å². The fraction of sp³-hybridized carbons (Fsp3) is 0.529. The number of unbranched alkanes of at least 4 members (excludes halogenated alkanes) is 1. The van der Waals surface area contributed by atoms with Gasteiger partial charge in [-0.05, 0) is 34.5 Å². The third-order valence-electron chi connectivity index (χ3n) is 4.65. The maximum Gasteiger partial charge on any atom is 0.324 e. The number of benzene rings is 1. The monoisotopic (exact) mass is 376 g/mol. The maximum atomic E-state index is 13.2. The normalized spacial score (nSPS) is 19.2. The lowest BCUT2D eigenvalue weighted by Gasteiger charge is -2.25. The zero-order valence-corrected chi connectivity index (χ0v) is 15.5. The molecule has 0 aliphatic carbocycles. The smallest absolute Gasteiger partial charge is 0.324 e. The van der Waals surface area contributed by atoms with Crippen molar-refractivity contribution in [2.75, 3.05) is 25.5 Å².